The maximum atomic E-state index is 13.5. The Morgan fingerprint density at radius 3 is 2.80 bits per heavy atom. The molecule has 0 aliphatic carbocycles. The summed E-state index contributed by atoms with van der Waals surface area (Å²) < 4.78 is 15.9. The predicted molar refractivity (Wildman–Crippen MR) is 130 cm³/mol. The molecule has 0 atom stereocenters. The van der Waals surface area contributed by atoms with Gasteiger partial charge in [0.25, 0.3) is 0 Å². The van der Waals surface area contributed by atoms with Crippen LogP contribution in [0.25, 0.3) is 0 Å². The van der Waals surface area contributed by atoms with E-state index in [4.69, 9.17) is 0 Å². The first-order valence-electron chi connectivity index (χ1n) is 10.6. The van der Waals surface area contributed by atoms with Gasteiger partial charge >= 0.3 is 0 Å². The number of hydrogen-bond acceptors (Lipinski definition) is 3. The molecule has 1 aliphatic rings. The molecule has 0 spiro atoms. The molecule has 0 amide bonds. The summed E-state index contributed by atoms with van der Waals surface area (Å²) >= 11 is 0. The summed E-state index contributed by atoms with van der Waals surface area (Å²) in [6.07, 6.45) is 6.63. The fraction of sp³-hybridized carbons (Fsp3) is 0.591. The van der Waals surface area contributed by atoms with Crippen LogP contribution in [-0.4, -0.2) is 40.9 Å². The Balaban J connectivity index is 0.00000320. The molecule has 0 saturated heterocycles. The van der Waals surface area contributed by atoms with Crippen LogP contribution in [0.4, 0.5) is 4.39 Å². The second kappa shape index (κ2) is 11.6. The van der Waals surface area contributed by atoms with Crippen molar-refractivity contribution in [3.8, 4) is 0 Å². The minimum Gasteiger partial charge on any atom is -0.356 e. The number of fused-ring (bicyclic) bond motifs is 1. The van der Waals surface area contributed by atoms with Crippen molar-refractivity contribution >= 4 is 29.9 Å². The Hall–Kier alpha value is -1.71. The molecule has 1 aromatic carbocycles. The maximum Gasteiger partial charge on any atom is 0.191 e. The molecule has 0 radical (unpaired) electrons. The van der Waals surface area contributed by atoms with E-state index in [2.05, 4.69) is 44.2 Å². The molecule has 3 rings (SSSR count). The number of hydrogen-bond donors (Lipinski definition) is 2. The standard InChI is InChI=1S/C22H33FN6.HI/c1-22(2,17-9-7-10-18(23)15-17)16-26-21(24-3)25-13-8-12-20-28-27-19-11-5-4-6-14-29(19)20;/h7,9-10,15H,4-6,8,11-14,16H2,1-3H3,(H2,24,25,26);1H. The van der Waals surface area contributed by atoms with Crippen LogP contribution in [0.3, 0.4) is 0 Å². The number of aromatic nitrogens is 3. The molecule has 30 heavy (non-hydrogen) atoms. The van der Waals surface area contributed by atoms with Gasteiger partial charge in [0.2, 0.25) is 0 Å². The summed E-state index contributed by atoms with van der Waals surface area (Å²) in [7, 11) is 1.77. The first-order valence-corrected chi connectivity index (χ1v) is 10.6. The van der Waals surface area contributed by atoms with Gasteiger partial charge < -0.3 is 15.2 Å². The summed E-state index contributed by atoms with van der Waals surface area (Å²) in [5, 5.41) is 15.5. The van der Waals surface area contributed by atoms with Crippen LogP contribution >= 0.6 is 24.0 Å². The highest BCUT2D eigenvalue weighted by Crippen LogP contribution is 2.22. The van der Waals surface area contributed by atoms with Crippen LogP contribution in [-0.2, 0) is 24.8 Å². The molecular weight excluding hydrogens is 494 g/mol. The molecule has 166 valence electrons. The SMILES string of the molecule is CN=C(NCCCc1nnc2n1CCCCC2)NCC(C)(C)c1cccc(F)c1.I. The Morgan fingerprint density at radius 2 is 2.03 bits per heavy atom. The van der Waals surface area contributed by atoms with E-state index in [1.54, 1.807) is 19.2 Å². The van der Waals surface area contributed by atoms with E-state index in [1.807, 2.05) is 6.07 Å². The number of aryl methyl sites for hydroxylation is 2. The van der Waals surface area contributed by atoms with E-state index in [-0.39, 0.29) is 35.2 Å². The number of nitrogens with one attached hydrogen (secondary N) is 2. The van der Waals surface area contributed by atoms with Crippen molar-refractivity contribution in [1.82, 2.24) is 25.4 Å². The summed E-state index contributed by atoms with van der Waals surface area (Å²) in [5.41, 5.74) is 0.756. The van der Waals surface area contributed by atoms with Gasteiger partial charge in [-0.2, -0.15) is 0 Å². The minimum absolute atomic E-state index is 0. The van der Waals surface area contributed by atoms with Gasteiger partial charge in [0.05, 0.1) is 0 Å². The van der Waals surface area contributed by atoms with Crippen molar-refractivity contribution in [3.63, 3.8) is 0 Å². The minimum atomic E-state index is -0.210. The highest BCUT2D eigenvalue weighted by molar-refractivity contribution is 14.0. The number of benzene rings is 1. The summed E-state index contributed by atoms with van der Waals surface area (Å²) in [4.78, 5) is 4.31. The number of aliphatic imine (C=N–C) groups is 1. The number of halogens is 2. The molecule has 0 bridgehead atoms. The average Bonchev–Trinajstić information content (AvgIpc) is 2.93. The van der Waals surface area contributed by atoms with Crippen LogP contribution in [0, 0.1) is 5.82 Å². The van der Waals surface area contributed by atoms with E-state index in [9.17, 15) is 4.39 Å². The van der Waals surface area contributed by atoms with Crippen molar-refractivity contribution in [2.45, 2.75) is 64.3 Å². The molecule has 2 N–H and O–H groups in total. The van der Waals surface area contributed by atoms with Gasteiger partial charge in [-0.15, -0.1) is 34.2 Å². The lowest BCUT2D eigenvalue weighted by atomic mass is 9.84. The van der Waals surface area contributed by atoms with Crippen molar-refractivity contribution in [1.29, 1.82) is 0 Å². The highest BCUT2D eigenvalue weighted by atomic mass is 127. The molecule has 1 aliphatic heterocycles. The van der Waals surface area contributed by atoms with E-state index in [1.165, 1.54) is 25.3 Å². The second-order valence-corrected chi connectivity index (χ2v) is 8.35. The summed E-state index contributed by atoms with van der Waals surface area (Å²) in [5.74, 6) is 2.79. The summed E-state index contributed by atoms with van der Waals surface area (Å²) in [6, 6.07) is 6.79. The quantitative estimate of drug-likeness (QED) is 0.248. The summed E-state index contributed by atoms with van der Waals surface area (Å²) in [6.45, 7) is 6.71. The lowest BCUT2D eigenvalue weighted by Crippen LogP contribution is -2.43. The fourth-order valence-electron chi connectivity index (χ4n) is 3.72. The molecule has 1 aromatic heterocycles. The first-order chi connectivity index (χ1) is 14.0. The van der Waals surface area contributed by atoms with E-state index in [0.717, 1.165) is 55.5 Å². The third kappa shape index (κ3) is 6.65. The second-order valence-electron chi connectivity index (χ2n) is 8.35. The Kier molecular flexibility index (Phi) is 9.51. The Bertz CT molecular complexity index is 833. The largest absolute Gasteiger partial charge is 0.356 e. The zero-order valence-corrected chi connectivity index (χ0v) is 20.6. The van der Waals surface area contributed by atoms with Gasteiger partial charge in [0, 0.05) is 44.9 Å². The molecule has 2 heterocycles. The fourth-order valence-corrected chi connectivity index (χ4v) is 3.72. The van der Waals surface area contributed by atoms with E-state index < -0.39 is 0 Å². The normalized spacial score (nSPS) is 14.5. The van der Waals surface area contributed by atoms with Gasteiger partial charge in [-0.1, -0.05) is 32.4 Å². The number of rotatable bonds is 7. The van der Waals surface area contributed by atoms with Crippen LogP contribution in [0.1, 0.15) is 56.7 Å². The lowest BCUT2D eigenvalue weighted by molar-refractivity contribution is 0.502. The highest BCUT2D eigenvalue weighted by Gasteiger charge is 2.21. The third-order valence-corrected chi connectivity index (χ3v) is 5.58. The van der Waals surface area contributed by atoms with Gasteiger partial charge in [-0.25, -0.2) is 4.39 Å². The zero-order chi connectivity index (χ0) is 20.7. The topological polar surface area (TPSA) is 67.1 Å². The van der Waals surface area contributed by atoms with Crippen LogP contribution < -0.4 is 10.6 Å². The predicted octanol–water partition coefficient (Wildman–Crippen LogP) is 3.84. The van der Waals surface area contributed by atoms with Crippen molar-refractivity contribution < 1.29 is 4.39 Å². The van der Waals surface area contributed by atoms with Crippen molar-refractivity contribution in [3.05, 3.63) is 47.3 Å². The van der Waals surface area contributed by atoms with E-state index in [0.29, 0.717) is 6.54 Å². The van der Waals surface area contributed by atoms with Gasteiger partial charge in [-0.3, -0.25) is 4.99 Å². The van der Waals surface area contributed by atoms with Crippen molar-refractivity contribution in [2.75, 3.05) is 20.1 Å². The monoisotopic (exact) mass is 528 g/mol. The maximum absolute atomic E-state index is 13.5. The molecule has 0 unspecified atom stereocenters. The zero-order valence-electron chi connectivity index (χ0n) is 18.2. The Labute approximate surface area is 196 Å². The van der Waals surface area contributed by atoms with Gasteiger partial charge in [0.1, 0.15) is 17.5 Å². The first kappa shape index (κ1) is 24.6. The molecule has 0 saturated carbocycles. The third-order valence-electron chi connectivity index (χ3n) is 5.58. The van der Waals surface area contributed by atoms with Crippen LogP contribution in [0.15, 0.2) is 29.3 Å². The van der Waals surface area contributed by atoms with Gasteiger partial charge in [-0.05, 0) is 37.0 Å². The smallest absolute Gasteiger partial charge is 0.191 e. The van der Waals surface area contributed by atoms with Crippen molar-refractivity contribution in [2.24, 2.45) is 4.99 Å². The number of guanidine groups is 1. The average molecular weight is 528 g/mol. The molecular formula is C22H34FIN6. The van der Waals surface area contributed by atoms with Crippen LogP contribution in [0.5, 0.6) is 0 Å². The number of nitrogens with zero attached hydrogens (tertiary/aromatic N) is 4. The Morgan fingerprint density at radius 1 is 1.20 bits per heavy atom. The lowest BCUT2D eigenvalue weighted by Gasteiger charge is -2.26. The molecule has 0 fully saturated rings. The molecule has 6 nitrogen and oxygen atoms in total. The molecule has 2 aromatic rings. The molecule has 8 heteroatoms. The van der Waals surface area contributed by atoms with Crippen LogP contribution in [0.2, 0.25) is 0 Å². The van der Waals surface area contributed by atoms with Gasteiger partial charge in [0.15, 0.2) is 5.96 Å². The van der Waals surface area contributed by atoms with E-state index >= 15 is 0 Å².